The Labute approximate surface area is 125 Å². The molecule has 0 radical (unpaired) electrons. The number of aliphatic hydroxyl groups excluding tert-OH is 2. The van der Waals surface area contributed by atoms with Gasteiger partial charge in [-0.25, -0.2) is 5.26 Å². The third-order valence-electron chi connectivity index (χ3n) is 3.13. The number of carbonyl (C=O) groups is 1. The number of aromatic carboxylic acids is 1. The van der Waals surface area contributed by atoms with E-state index in [1.807, 2.05) is 0 Å². The van der Waals surface area contributed by atoms with Crippen molar-refractivity contribution >= 4 is 14.2 Å². The van der Waals surface area contributed by atoms with Gasteiger partial charge in [0.2, 0.25) is 0 Å². The summed E-state index contributed by atoms with van der Waals surface area (Å²) < 4.78 is 25.5. The Bertz CT molecular complexity index is 568. The molecule has 11 heteroatoms. The average molecular weight is 335 g/mol. The molecule has 1 unspecified atom stereocenters. The number of ether oxygens (including phenoxy) is 1. The molecule has 2 rings (SSSR count). The zero-order valence-corrected chi connectivity index (χ0v) is 12.1. The molecule has 0 aromatic carbocycles. The van der Waals surface area contributed by atoms with E-state index in [4.69, 9.17) is 9.99 Å². The van der Waals surface area contributed by atoms with E-state index in [9.17, 15) is 24.7 Å². The summed E-state index contributed by atoms with van der Waals surface area (Å²) in [7, 11) is -3.12. The molecule has 0 spiro atoms. The highest BCUT2D eigenvalue weighted by Gasteiger charge is 2.48. The van der Waals surface area contributed by atoms with Gasteiger partial charge in [-0.3, -0.25) is 4.57 Å². The van der Waals surface area contributed by atoms with E-state index in [0.717, 1.165) is 0 Å². The third-order valence-corrected chi connectivity index (χ3v) is 3.68. The van der Waals surface area contributed by atoms with Crippen LogP contribution in [-0.4, -0.2) is 46.4 Å². The smallest absolute Gasteiger partial charge is 0.346 e. The van der Waals surface area contributed by atoms with E-state index < -0.39 is 45.4 Å². The molecule has 1 aromatic rings. The van der Waals surface area contributed by atoms with Crippen LogP contribution in [0.1, 0.15) is 16.6 Å². The van der Waals surface area contributed by atoms with E-state index in [1.165, 1.54) is 29.1 Å². The highest BCUT2D eigenvalue weighted by molar-refractivity contribution is 7.33. The minimum atomic E-state index is -3.12. The number of pyridine rings is 1. The minimum absolute atomic E-state index is 0.133. The molecule has 5 atom stereocenters. The van der Waals surface area contributed by atoms with Crippen LogP contribution in [-0.2, 0) is 18.5 Å². The van der Waals surface area contributed by atoms with Crippen LogP contribution in [0, 0.1) is 0 Å². The lowest BCUT2D eigenvalue weighted by Crippen LogP contribution is -2.46. The molecule has 1 aliphatic rings. The quantitative estimate of drug-likeness (QED) is 0.229. The number of hydrogen-bond donors (Lipinski definition) is 3. The van der Waals surface area contributed by atoms with Gasteiger partial charge in [0.05, 0.1) is 18.1 Å². The highest BCUT2D eigenvalue weighted by Crippen LogP contribution is 2.29. The molecular weight excluding hydrogens is 321 g/mol. The van der Waals surface area contributed by atoms with Crippen molar-refractivity contribution in [2.24, 2.45) is 0 Å². The molecule has 0 saturated carbocycles. The van der Waals surface area contributed by atoms with Crippen molar-refractivity contribution in [3.8, 4) is 0 Å². The van der Waals surface area contributed by atoms with Crippen LogP contribution in [0.5, 0.6) is 0 Å². The predicted octanol–water partition coefficient (Wildman–Crippen LogP) is -2.15. The Morgan fingerprint density at radius 3 is 2.82 bits per heavy atom. The number of aliphatic hydroxyl groups is 2. The van der Waals surface area contributed by atoms with E-state index in [-0.39, 0.29) is 5.56 Å². The molecule has 1 aliphatic heterocycles. The lowest BCUT2D eigenvalue weighted by atomic mass is 10.1. The highest BCUT2D eigenvalue weighted by atomic mass is 31.1. The first-order chi connectivity index (χ1) is 10.4. The topological polar surface area (TPSA) is 149 Å². The van der Waals surface area contributed by atoms with Crippen molar-refractivity contribution in [3.05, 3.63) is 30.1 Å². The SMILES string of the molecule is O=C([O-])c1ccc[n+]([C@@H]2O[C@H](CO[PH](=O)OO)[C@@H](O)[C@H]2O)c1. The van der Waals surface area contributed by atoms with Crippen LogP contribution in [0.25, 0.3) is 0 Å². The lowest BCUT2D eigenvalue weighted by Gasteiger charge is -2.12. The van der Waals surface area contributed by atoms with Crippen LogP contribution < -0.4 is 9.67 Å². The van der Waals surface area contributed by atoms with Crippen LogP contribution in [0.4, 0.5) is 0 Å². The molecule has 1 fully saturated rings. The maximum absolute atomic E-state index is 10.8. The average Bonchev–Trinajstić information content (AvgIpc) is 2.80. The Morgan fingerprint density at radius 1 is 1.45 bits per heavy atom. The Morgan fingerprint density at radius 2 is 2.18 bits per heavy atom. The van der Waals surface area contributed by atoms with E-state index in [2.05, 4.69) is 9.20 Å². The van der Waals surface area contributed by atoms with Gasteiger partial charge < -0.3 is 29.4 Å². The van der Waals surface area contributed by atoms with Crippen molar-refractivity contribution in [2.45, 2.75) is 24.5 Å². The number of nitrogens with zero attached hydrogens (tertiary/aromatic N) is 1. The summed E-state index contributed by atoms with van der Waals surface area (Å²) in [6.07, 6.45) is -2.22. The van der Waals surface area contributed by atoms with Gasteiger partial charge in [-0.2, -0.15) is 9.24 Å². The number of rotatable bonds is 6. The van der Waals surface area contributed by atoms with E-state index in [0.29, 0.717) is 0 Å². The lowest BCUT2D eigenvalue weighted by molar-refractivity contribution is -0.765. The molecule has 10 nitrogen and oxygen atoms in total. The van der Waals surface area contributed by atoms with Crippen LogP contribution in [0.3, 0.4) is 0 Å². The summed E-state index contributed by atoms with van der Waals surface area (Å²) >= 11 is 0. The van der Waals surface area contributed by atoms with Gasteiger partial charge >= 0.3 is 8.25 Å². The second kappa shape index (κ2) is 7.25. The first-order valence-corrected chi connectivity index (χ1v) is 7.38. The Hall–Kier alpha value is -1.39. The van der Waals surface area contributed by atoms with E-state index >= 15 is 0 Å². The molecule has 122 valence electrons. The van der Waals surface area contributed by atoms with Crippen LogP contribution >= 0.6 is 8.25 Å². The number of carboxylic acids is 1. The van der Waals surface area contributed by atoms with Crippen molar-refractivity contribution in [3.63, 3.8) is 0 Å². The first kappa shape index (κ1) is 17.0. The Kier molecular flexibility index (Phi) is 5.59. The predicted molar refractivity (Wildman–Crippen MR) is 65.6 cm³/mol. The van der Waals surface area contributed by atoms with Crippen molar-refractivity contribution < 1.29 is 48.4 Å². The van der Waals surface area contributed by atoms with Gasteiger partial charge in [-0.05, 0) is 6.07 Å². The standard InChI is InChI=1S/C11H14NO9P/c13-8-7(5-19-22(18)21-17)20-10(9(8)14)12-3-1-2-6(4-12)11(15)16/h1-4,7-10,13-14,22H,5H2,(H-,15,16,17)/t7-,8-,9-,10-/m1/s1. The zero-order valence-electron chi connectivity index (χ0n) is 11.1. The fourth-order valence-corrected chi connectivity index (χ4v) is 2.41. The maximum Gasteiger partial charge on any atom is 0.346 e. The molecule has 1 aromatic heterocycles. The van der Waals surface area contributed by atoms with Gasteiger partial charge in [-0.15, -0.1) is 0 Å². The van der Waals surface area contributed by atoms with Crippen LogP contribution in [0.2, 0.25) is 0 Å². The summed E-state index contributed by atoms with van der Waals surface area (Å²) in [6, 6.07) is 2.71. The largest absolute Gasteiger partial charge is 0.545 e. The molecule has 22 heavy (non-hydrogen) atoms. The van der Waals surface area contributed by atoms with Gasteiger partial charge in [0.1, 0.15) is 12.2 Å². The van der Waals surface area contributed by atoms with Crippen LogP contribution in [0.15, 0.2) is 24.5 Å². The van der Waals surface area contributed by atoms with Gasteiger partial charge in [-0.1, -0.05) is 0 Å². The molecule has 3 N–H and O–H groups in total. The van der Waals surface area contributed by atoms with Crippen molar-refractivity contribution in [1.29, 1.82) is 0 Å². The minimum Gasteiger partial charge on any atom is -0.545 e. The zero-order chi connectivity index (χ0) is 16.3. The summed E-state index contributed by atoms with van der Waals surface area (Å²) in [4.78, 5) is 10.8. The summed E-state index contributed by atoms with van der Waals surface area (Å²) in [5, 5.41) is 38.8. The second-order valence-corrected chi connectivity index (χ2v) is 5.50. The van der Waals surface area contributed by atoms with Gasteiger partial charge in [0.25, 0.3) is 6.23 Å². The number of carbonyl (C=O) groups excluding carboxylic acids is 1. The van der Waals surface area contributed by atoms with Gasteiger partial charge in [0.15, 0.2) is 18.5 Å². The molecule has 0 amide bonds. The fraction of sp³-hybridized carbons (Fsp3) is 0.455. The fourth-order valence-electron chi connectivity index (χ4n) is 2.06. The molecule has 1 saturated heterocycles. The first-order valence-electron chi connectivity index (χ1n) is 6.16. The number of aromatic nitrogens is 1. The summed E-state index contributed by atoms with van der Waals surface area (Å²) in [5.41, 5.74) is -0.133. The van der Waals surface area contributed by atoms with E-state index in [1.54, 1.807) is 0 Å². The summed E-state index contributed by atoms with van der Waals surface area (Å²) in [6.45, 7) is -0.395. The number of hydrogen-bond acceptors (Lipinski definition) is 9. The number of carboxylic acid groups (broad SMARTS) is 1. The van der Waals surface area contributed by atoms with Gasteiger partial charge in [0, 0.05) is 6.07 Å². The van der Waals surface area contributed by atoms with Crippen molar-refractivity contribution in [2.75, 3.05) is 6.61 Å². The normalized spacial score (nSPS) is 29.4. The molecule has 0 aliphatic carbocycles. The maximum atomic E-state index is 10.8. The summed E-state index contributed by atoms with van der Waals surface area (Å²) in [5.74, 6) is -1.40. The Balaban J connectivity index is 2.11. The third kappa shape index (κ3) is 3.68. The molecule has 2 heterocycles. The molecular formula is C11H14NO9P. The monoisotopic (exact) mass is 335 g/mol. The van der Waals surface area contributed by atoms with Crippen molar-refractivity contribution in [1.82, 2.24) is 0 Å². The second-order valence-electron chi connectivity index (χ2n) is 4.53. The molecule has 0 bridgehead atoms.